The third-order valence-electron chi connectivity index (χ3n) is 3.24. The number of carbonyl (C=O) groups excluding carboxylic acids is 1. The highest BCUT2D eigenvalue weighted by atomic mass is 33.1. The Hall–Kier alpha value is -0.610. The molecule has 1 saturated heterocycles. The van der Waals surface area contributed by atoms with Crippen LogP contribution in [0.15, 0.2) is 30.3 Å². The molecular weight excluding hydrogens is 274 g/mol. The lowest BCUT2D eigenvalue weighted by Gasteiger charge is -2.07. The Morgan fingerprint density at radius 3 is 2.84 bits per heavy atom. The Labute approximate surface area is 123 Å². The van der Waals surface area contributed by atoms with Crippen molar-refractivity contribution in [3.05, 3.63) is 35.9 Å². The first-order chi connectivity index (χ1) is 9.34. The van der Waals surface area contributed by atoms with Gasteiger partial charge in [0.1, 0.15) is 0 Å². The predicted molar refractivity (Wildman–Crippen MR) is 85.2 cm³/mol. The van der Waals surface area contributed by atoms with Crippen LogP contribution < -0.4 is 5.32 Å². The molecular formula is C15H21NOS2. The molecule has 1 unspecified atom stereocenters. The molecule has 1 aliphatic rings. The van der Waals surface area contributed by atoms with E-state index in [1.54, 1.807) is 0 Å². The first-order valence-corrected chi connectivity index (χ1v) is 9.32. The van der Waals surface area contributed by atoms with Gasteiger partial charge >= 0.3 is 0 Å². The smallest absolute Gasteiger partial charge is 0.220 e. The minimum atomic E-state index is 0.178. The molecule has 1 N–H and O–H groups in total. The second kappa shape index (κ2) is 8.54. The van der Waals surface area contributed by atoms with Crippen LogP contribution in [0.25, 0.3) is 0 Å². The van der Waals surface area contributed by atoms with Crippen molar-refractivity contribution in [3.63, 3.8) is 0 Å². The standard InChI is InChI=1S/C15H21NOS2/c17-15(16-12-13-6-2-1-3-7-13)9-5-4-8-14-10-11-18-19-14/h1-3,6-7,14H,4-5,8-12H2,(H,16,17). The van der Waals surface area contributed by atoms with E-state index in [9.17, 15) is 4.79 Å². The molecule has 0 radical (unpaired) electrons. The van der Waals surface area contributed by atoms with Crippen molar-refractivity contribution in [3.8, 4) is 0 Å². The Balaban J connectivity index is 1.52. The van der Waals surface area contributed by atoms with Gasteiger partial charge < -0.3 is 5.32 Å². The Morgan fingerprint density at radius 2 is 2.11 bits per heavy atom. The summed E-state index contributed by atoms with van der Waals surface area (Å²) in [5.41, 5.74) is 1.16. The van der Waals surface area contributed by atoms with E-state index in [1.165, 1.54) is 25.0 Å². The summed E-state index contributed by atoms with van der Waals surface area (Å²) >= 11 is 0. The van der Waals surface area contributed by atoms with E-state index in [0.717, 1.165) is 17.2 Å². The predicted octanol–water partition coefficient (Wildman–Crippen LogP) is 4.02. The zero-order valence-corrected chi connectivity index (χ0v) is 12.8. The van der Waals surface area contributed by atoms with Crippen LogP contribution in [0.2, 0.25) is 0 Å². The number of nitrogens with one attached hydrogen (secondary N) is 1. The molecule has 0 spiro atoms. The van der Waals surface area contributed by atoms with Gasteiger partial charge in [-0.05, 0) is 24.8 Å². The Morgan fingerprint density at radius 1 is 1.26 bits per heavy atom. The van der Waals surface area contributed by atoms with Crippen molar-refractivity contribution in [1.82, 2.24) is 5.32 Å². The van der Waals surface area contributed by atoms with Crippen LogP contribution in [-0.4, -0.2) is 16.9 Å². The van der Waals surface area contributed by atoms with Crippen LogP contribution in [-0.2, 0) is 11.3 Å². The number of benzene rings is 1. The molecule has 4 heteroatoms. The van der Waals surface area contributed by atoms with Gasteiger partial charge in [0.25, 0.3) is 0 Å². The number of carbonyl (C=O) groups is 1. The summed E-state index contributed by atoms with van der Waals surface area (Å²) < 4.78 is 0. The zero-order chi connectivity index (χ0) is 13.3. The molecule has 1 aromatic rings. The van der Waals surface area contributed by atoms with Gasteiger partial charge in [-0.2, -0.15) is 0 Å². The van der Waals surface area contributed by atoms with E-state index < -0.39 is 0 Å². The van der Waals surface area contributed by atoms with Gasteiger partial charge in [-0.15, -0.1) is 0 Å². The van der Waals surface area contributed by atoms with E-state index in [1.807, 2.05) is 51.9 Å². The van der Waals surface area contributed by atoms with Crippen molar-refractivity contribution in [1.29, 1.82) is 0 Å². The van der Waals surface area contributed by atoms with Crippen LogP contribution in [0.3, 0.4) is 0 Å². The van der Waals surface area contributed by atoms with E-state index in [4.69, 9.17) is 0 Å². The highest BCUT2D eigenvalue weighted by Crippen LogP contribution is 2.39. The molecule has 1 amide bonds. The maximum atomic E-state index is 11.7. The van der Waals surface area contributed by atoms with Crippen LogP contribution in [0.4, 0.5) is 0 Å². The fraction of sp³-hybridized carbons (Fsp3) is 0.533. The highest BCUT2D eigenvalue weighted by Gasteiger charge is 2.15. The zero-order valence-electron chi connectivity index (χ0n) is 11.1. The summed E-state index contributed by atoms with van der Waals surface area (Å²) in [4.78, 5) is 11.7. The molecule has 2 rings (SSSR count). The third kappa shape index (κ3) is 5.91. The van der Waals surface area contributed by atoms with E-state index in [2.05, 4.69) is 5.32 Å². The SMILES string of the molecule is O=C(CCCCC1CCSS1)NCc1ccccc1. The van der Waals surface area contributed by atoms with Gasteiger partial charge in [-0.3, -0.25) is 4.79 Å². The Kier molecular flexibility index (Phi) is 6.65. The number of rotatable bonds is 7. The van der Waals surface area contributed by atoms with Crippen LogP contribution >= 0.6 is 21.6 Å². The van der Waals surface area contributed by atoms with Crippen molar-refractivity contribution in [2.24, 2.45) is 0 Å². The van der Waals surface area contributed by atoms with Gasteiger partial charge in [-0.1, -0.05) is 58.3 Å². The monoisotopic (exact) mass is 295 g/mol. The largest absolute Gasteiger partial charge is 0.352 e. The number of amides is 1. The average molecular weight is 295 g/mol. The van der Waals surface area contributed by atoms with Crippen LogP contribution in [0.5, 0.6) is 0 Å². The summed E-state index contributed by atoms with van der Waals surface area (Å²) in [6, 6.07) is 10.1. The summed E-state index contributed by atoms with van der Waals surface area (Å²) in [7, 11) is 4.01. The summed E-state index contributed by atoms with van der Waals surface area (Å²) in [6.07, 6.45) is 5.47. The normalized spacial score (nSPS) is 18.4. The second-order valence-corrected chi connectivity index (χ2v) is 7.62. The van der Waals surface area contributed by atoms with Crippen molar-refractivity contribution >= 4 is 27.5 Å². The van der Waals surface area contributed by atoms with Crippen LogP contribution in [0.1, 0.15) is 37.7 Å². The van der Waals surface area contributed by atoms with Gasteiger partial charge in [0.15, 0.2) is 0 Å². The molecule has 1 aromatic carbocycles. The first kappa shape index (κ1) is 14.8. The van der Waals surface area contributed by atoms with Gasteiger partial charge in [0.05, 0.1) is 0 Å². The molecule has 0 saturated carbocycles. The third-order valence-corrected chi connectivity index (χ3v) is 6.25. The number of hydrogen-bond acceptors (Lipinski definition) is 3. The first-order valence-electron chi connectivity index (χ1n) is 6.93. The fourth-order valence-corrected chi connectivity index (χ4v) is 5.13. The molecule has 1 atom stereocenters. The minimum absolute atomic E-state index is 0.178. The van der Waals surface area contributed by atoms with E-state index in [0.29, 0.717) is 13.0 Å². The van der Waals surface area contributed by atoms with Crippen molar-refractivity contribution < 1.29 is 4.79 Å². The molecule has 1 fully saturated rings. The van der Waals surface area contributed by atoms with Gasteiger partial charge in [0.2, 0.25) is 5.91 Å². The average Bonchev–Trinajstić information content (AvgIpc) is 2.96. The van der Waals surface area contributed by atoms with Crippen LogP contribution in [0, 0.1) is 0 Å². The molecule has 2 nitrogen and oxygen atoms in total. The van der Waals surface area contributed by atoms with Crippen molar-refractivity contribution in [2.75, 3.05) is 5.75 Å². The molecule has 1 heterocycles. The summed E-state index contributed by atoms with van der Waals surface area (Å²) in [5.74, 6) is 1.48. The summed E-state index contributed by atoms with van der Waals surface area (Å²) in [6.45, 7) is 0.648. The number of hydrogen-bond donors (Lipinski definition) is 1. The second-order valence-electron chi connectivity index (χ2n) is 4.84. The summed E-state index contributed by atoms with van der Waals surface area (Å²) in [5, 5.41) is 3.81. The highest BCUT2D eigenvalue weighted by molar-refractivity contribution is 8.77. The molecule has 19 heavy (non-hydrogen) atoms. The molecule has 104 valence electrons. The molecule has 1 aliphatic heterocycles. The topological polar surface area (TPSA) is 29.1 Å². The van der Waals surface area contributed by atoms with Crippen molar-refractivity contribution in [2.45, 2.75) is 43.9 Å². The Bertz CT molecular complexity index is 377. The molecule has 0 aliphatic carbocycles. The van der Waals surface area contributed by atoms with E-state index >= 15 is 0 Å². The molecule has 0 aromatic heterocycles. The number of unbranched alkanes of at least 4 members (excludes halogenated alkanes) is 1. The quantitative estimate of drug-likeness (QED) is 0.608. The lowest BCUT2D eigenvalue weighted by Crippen LogP contribution is -2.22. The lowest BCUT2D eigenvalue weighted by atomic mass is 10.1. The van der Waals surface area contributed by atoms with Gasteiger partial charge in [-0.25, -0.2) is 0 Å². The maximum Gasteiger partial charge on any atom is 0.220 e. The lowest BCUT2D eigenvalue weighted by molar-refractivity contribution is -0.121. The maximum absolute atomic E-state index is 11.7. The minimum Gasteiger partial charge on any atom is -0.352 e. The van der Waals surface area contributed by atoms with Gasteiger partial charge in [0, 0.05) is 24.0 Å². The van der Waals surface area contributed by atoms with E-state index in [-0.39, 0.29) is 5.91 Å². The molecule has 0 bridgehead atoms. The fourth-order valence-electron chi connectivity index (χ4n) is 2.11.